The van der Waals surface area contributed by atoms with Crippen molar-refractivity contribution in [3.05, 3.63) is 63.6 Å². The van der Waals surface area contributed by atoms with Crippen molar-refractivity contribution in [3.63, 3.8) is 0 Å². The summed E-state index contributed by atoms with van der Waals surface area (Å²) in [6.45, 7) is 5.60. The second-order valence-corrected chi connectivity index (χ2v) is 9.80. The number of carbonyl (C=O) groups excluding carboxylic acids is 4. The van der Waals surface area contributed by atoms with E-state index in [-0.39, 0.29) is 29.1 Å². The summed E-state index contributed by atoms with van der Waals surface area (Å²) in [4.78, 5) is 49.3. The SMILES string of the molecule is CC(C)(C)c1ccc(C(=O)NN2C[C@H](C(=O)OCC(=O)Nc3cc(Cl)ccc3Cl)CC2=O)cc1. The van der Waals surface area contributed by atoms with E-state index in [0.717, 1.165) is 10.6 Å². The molecule has 0 aliphatic carbocycles. The van der Waals surface area contributed by atoms with E-state index in [9.17, 15) is 19.2 Å². The number of hydrazine groups is 1. The van der Waals surface area contributed by atoms with Gasteiger partial charge in [0.15, 0.2) is 6.61 Å². The van der Waals surface area contributed by atoms with Crippen molar-refractivity contribution in [2.24, 2.45) is 5.92 Å². The second-order valence-electron chi connectivity index (χ2n) is 8.95. The maximum absolute atomic E-state index is 12.5. The molecule has 2 N–H and O–H groups in total. The van der Waals surface area contributed by atoms with Gasteiger partial charge in [-0.3, -0.25) is 29.6 Å². The Bertz CT molecular complexity index is 1110. The average molecular weight is 506 g/mol. The molecule has 8 nitrogen and oxygen atoms in total. The van der Waals surface area contributed by atoms with Gasteiger partial charge in [0.25, 0.3) is 11.8 Å². The third kappa shape index (κ3) is 6.48. The molecule has 3 rings (SSSR count). The summed E-state index contributed by atoms with van der Waals surface area (Å²) in [5.74, 6) is -3.01. The number of halogens is 2. The summed E-state index contributed by atoms with van der Waals surface area (Å²) >= 11 is 11.9. The minimum Gasteiger partial charge on any atom is -0.455 e. The van der Waals surface area contributed by atoms with Gasteiger partial charge in [-0.05, 0) is 41.3 Å². The molecule has 0 bridgehead atoms. The fourth-order valence-electron chi connectivity index (χ4n) is 3.32. The van der Waals surface area contributed by atoms with Crippen LogP contribution in [0.1, 0.15) is 43.1 Å². The van der Waals surface area contributed by atoms with Crippen molar-refractivity contribution < 1.29 is 23.9 Å². The minimum absolute atomic E-state index is 0.0504. The first-order chi connectivity index (χ1) is 15.9. The molecule has 0 saturated carbocycles. The van der Waals surface area contributed by atoms with E-state index < -0.39 is 36.2 Å². The van der Waals surface area contributed by atoms with Crippen LogP contribution < -0.4 is 10.7 Å². The van der Waals surface area contributed by atoms with E-state index in [1.807, 2.05) is 12.1 Å². The quantitative estimate of drug-likeness (QED) is 0.578. The van der Waals surface area contributed by atoms with Crippen LogP contribution in [0.2, 0.25) is 10.0 Å². The van der Waals surface area contributed by atoms with Crippen molar-refractivity contribution in [2.75, 3.05) is 18.5 Å². The van der Waals surface area contributed by atoms with Crippen molar-refractivity contribution >= 4 is 52.6 Å². The lowest BCUT2D eigenvalue weighted by Gasteiger charge is -2.20. The number of esters is 1. The Hall–Kier alpha value is -3.10. The lowest BCUT2D eigenvalue weighted by molar-refractivity contribution is -0.151. The normalized spacial score (nSPS) is 15.7. The molecule has 10 heteroatoms. The Balaban J connectivity index is 1.50. The first-order valence-electron chi connectivity index (χ1n) is 10.6. The third-order valence-electron chi connectivity index (χ3n) is 5.26. The zero-order chi connectivity index (χ0) is 25.0. The Labute approximate surface area is 207 Å². The first kappa shape index (κ1) is 25.5. The highest BCUT2D eigenvalue weighted by Gasteiger charge is 2.36. The number of nitrogens with zero attached hydrogens (tertiary/aromatic N) is 1. The summed E-state index contributed by atoms with van der Waals surface area (Å²) in [5, 5.41) is 4.27. The monoisotopic (exact) mass is 505 g/mol. The molecule has 0 aromatic heterocycles. The maximum atomic E-state index is 12.5. The van der Waals surface area contributed by atoms with E-state index >= 15 is 0 Å². The zero-order valence-corrected chi connectivity index (χ0v) is 20.5. The van der Waals surface area contributed by atoms with Crippen LogP contribution >= 0.6 is 23.2 Å². The number of carbonyl (C=O) groups is 4. The van der Waals surface area contributed by atoms with E-state index in [1.165, 1.54) is 12.1 Å². The van der Waals surface area contributed by atoms with Gasteiger partial charge in [0, 0.05) is 17.0 Å². The number of nitrogens with one attached hydrogen (secondary N) is 2. The maximum Gasteiger partial charge on any atom is 0.311 e. The lowest BCUT2D eigenvalue weighted by atomic mass is 9.87. The molecule has 0 unspecified atom stereocenters. The summed E-state index contributed by atoms with van der Waals surface area (Å²) in [6, 6.07) is 11.7. The summed E-state index contributed by atoms with van der Waals surface area (Å²) in [7, 11) is 0. The van der Waals surface area contributed by atoms with Crippen LogP contribution in [0, 0.1) is 5.92 Å². The molecule has 1 aliphatic heterocycles. The molecule has 1 heterocycles. The van der Waals surface area contributed by atoms with Crippen LogP contribution in [-0.4, -0.2) is 41.9 Å². The predicted molar refractivity (Wildman–Crippen MR) is 128 cm³/mol. The highest BCUT2D eigenvalue weighted by atomic mass is 35.5. The van der Waals surface area contributed by atoms with E-state index in [4.69, 9.17) is 27.9 Å². The molecular formula is C24H25Cl2N3O5. The molecule has 1 aliphatic rings. The minimum atomic E-state index is -0.807. The molecule has 1 atom stereocenters. The van der Waals surface area contributed by atoms with Gasteiger partial charge in [-0.25, -0.2) is 0 Å². The molecule has 1 saturated heterocycles. The molecule has 2 aromatic carbocycles. The molecule has 3 amide bonds. The fourth-order valence-corrected chi connectivity index (χ4v) is 3.65. The van der Waals surface area contributed by atoms with Crippen LogP contribution in [0.15, 0.2) is 42.5 Å². The predicted octanol–water partition coefficient (Wildman–Crippen LogP) is 3.97. The third-order valence-corrected chi connectivity index (χ3v) is 5.82. The number of amides is 3. The molecule has 180 valence electrons. The number of hydrogen-bond donors (Lipinski definition) is 2. The second kappa shape index (κ2) is 10.4. The fraction of sp³-hybridized carbons (Fsp3) is 0.333. The zero-order valence-electron chi connectivity index (χ0n) is 19.0. The lowest BCUT2D eigenvalue weighted by Crippen LogP contribution is -2.43. The smallest absolute Gasteiger partial charge is 0.311 e. The molecule has 1 fully saturated rings. The Morgan fingerprint density at radius 3 is 2.41 bits per heavy atom. The largest absolute Gasteiger partial charge is 0.455 e. The first-order valence-corrected chi connectivity index (χ1v) is 11.3. The van der Waals surface area contributed by atoms with Crippen LogP contribution in [0.5, 0.6) is 0 Å². The van der Waals surface area contributed by atoms with Crippen molar-refractivity contribution in [3.8, 4) is 0 Å². The van der Waals surface area contributed by atoms with Gasteiger partial charge < -0.3 is 10.1 Å². The Morgan fingerprint density at radius 1 is 1.09 bits per heavy atom. The highest BCUT2D eigenvalue weighted by molar-refractivity contribution is 6.35. The molecule has 34 heavy (non-hydrogen) atoms. The van der Waals surface area contributed by atoms with Crippen molar-refractivity contribution in [2.45, 2.75) is 32.6 Å². The van der Waals surface area contributed by atoms with Gasteiger partial charge in [0.2, 0.25) is 5.91 Å². The van der Waals surface area contributed by atoms with Gasteiger partial charge >= 0.3 is 5.97 Å². The Morgan fingerprint density at radius 2 is 1.76 bits per heavy atom. The van der Waals surface area contributed by atoms with Crippen LogP contribution in [0.25, 0.3) is 0 Å². The van der Waals surface area contributed by atoms with E-state index in [1.54, 1.807) is 18.2 Å². The van der Waals surface area contributed by atoms with E-state index in [2.05, 4.69) is 31.5 Å². The van der Waals surface area contributed by atoms with Crippen LogP contribution in [-0.2, 0) is 24.5 Å². The standard InChI is InChI=1S/C24H25Cl2N3O5/c1-24(2,3)16-6-4-14(5-7-16)22(32)28-29-12-15(10-21(29)31)23(33)34-13-20(30)27-19-11-17(25)8-9-18(19)26/h4-9,11,15H,10,12-13H2,1-3H3,(H,27,30)(H,28,32)/t15-/m1/s1. The van der Waals surface area contributed by atoms with Crippen molar-refractivity contribution in [1.29, 1.82) is 0 Å². The van der Waals surface area contributed by atoms with Crippen molar-refractivity contribution in [1.82, 2.24) is 10.4 Å². The average Bonchev–Trinajstić information content (AvgIpc) is 3.14. The van der Waals surface area contributed by atoms with E-state index in [0.29, 0.717) is 10.6 Å². The summed E-state index contributed by atoms with van der Waals surface area (Å²) in [6.07, 6.45) is -0.135. The number of rotatable bonds is 6. The molecular weight excluding hydrogens is 481 g/mol. The van der Waals surface area contributed by atoms with Gasteiger partial charge in [0.1, 0.15) is 0 Å². The van der Waals surface area contributed by atoms with Crippen LogP contribution in [0.4, 0.5) is 5.69 Å². The topological polar surface area (TPSA) is 105 Å². The summed E-state index contributed by atoms with van der Waals surface area (Å²) in [5.41, 5.74) is 4.23. The van der Waals surface area contributed by atoms with Crippen LogP contribution in [0.3, 0.4) is 0 Å². The van der Waals surface area contributed by atoms with Gasteiger partial charge in [-0.15, -0.1) is 0 Å². The molecule has 0 spiro atoms. The molecule has 2 aromatic rings. The number of benzene rings is 2. The number of anilines is 1. The summed E-state index contributed by atoms with van der Waals surface area (Å²) < 4.78 is 5.04. The highest BCUT2D eigenvalue weighted by Crippen LogP contribution is 2.25. The number of ether oxygens (including phenoxy) is 1. The van der Waals surface area contributed by atoms with Gasteiger partial charge in [-0.2, -0.15) is 0 Å². The van der Waals surface area contributed by atoms with Gasteiger partial charge in [-0.1, -0.05) is 56.1 Å². The van der Waals surface area contributed by atoms with Gasteiger partial charge in [0.05, 0.1) is 23.2 Å². The number of hydrogen-bond acceptors (Lipinski definition) is 5. The Kier molecular flexibility index (Phi) is 7.84. The molecule has 0 radical (unpaired) electrons.